The standard InChI is InChI=1S/C33H27BrN2O4/c1-38-32-19-26(15-17-31(32)39-21-23-8-3-2-4-9-23)33(37)36-35-20-24-14-16-30(29(34)18-24)40-22-27-12-7-11-25-10-5-6-13-28(25)27/h2-20H,21-22H2,1H3,(H,36,37)/b35-20+. The maximum atomic E-state index is 12.7. The van der Waals surface area contributed by atoms with Crippen LogP contribution in [-0.4, -0.2) is 19.2 Å². The zero-order valence-corrected chi connectivity index (χ0v) is 23.4. The number of ether oxygens (including phenoxy) is 3. The summed E-state index contributed by atoms with van der Waals surface area (Å²) in [4.78, 5) is 12.7. The van der Waals surface area contributed by atoms with Crippen LogP contribution in [0.25, 0.3) is 10.8 Å². The molecule has 0 bridgehead atoms. The topological polar surface area (TPSA) is 69.2 Å². The third kappa shape index (κ3) is 6.68. The van der Waals surface area contributed by atoms with E-state index in [2.05, 4.69) is 50.7 Å². The van der Waals surface area contributed by atoms with Crippen molar-refractivity contribution in [3.05, 3.63) is 136 Å². The number of nitrogens with one attached hydrogen (secondary N) is 1. The number of hydrazone groups is 1. The lowest BCUT2D eigenvalue weighted by Crippen LogP contribution is -2.17. The van der Waals surface area contributed by atoms with E-state index in [9.17, 15) is 4.79 Å². The van der Waals surface area contributed by atoms with Gasteiger partial charge < -0.3 is 14.2 Å². The Hall–Kier alpha value is -4.62. The average Bonchev–Trinajstić information content (AvgIpc) is 3.00. The van der Waals surface area contributed by atoms with E-state index in [0.29, 0.717) is 30.3 Å². The monoisotopic (exact) mass is 594 g/mol. The Balaban J connectivity index is 1.17. The van der Waals surface area contributed by atoms with Crippen molar-refractivity contribution in [1.29, 1.82) is 0 Å². The highest BCUT2D eigenvalue weighted by atomic mass is 79.9. The molecule has 0 saturated heterocycles. The molecule has 0 atom stereocenters. The number of carbonyl (C=O) groups is 1. The molecule has 5 aromatic carbocycles. The van der Waals surface area contributed by atoms with E-state index in [0.717, 1.165) is 26.9 Å². The molecular weight excluding hydrogens is 568 g/mol. The molecule has 0 fully saturated rings. The molecule has 200 valence electrons. The first-order valence-electron chi connectivity index (χ1n) is 12.7. The first kappa shape index (κ1) is 27.0. The van der Waals surface area contributed by atoms with Crippen molar-refractivity contribution >= 4 is 38.8 Å². The Bertz CT molecular complexity index is 1650. The minimum absolute atomic E-state index is 0.363. The smallest absolute Gasteiger partial charge is 0.271 e. The van der Waals surface area contributed by atoms with E-state index in [1.54, 1.807) is 24.4 Å². The molecule has 0 radical (unpaired) electrons. The minimum atomic E-state index is -0.363. The van der Waals surface area contributed by atoms with E-state index in [1.165, 1.54) is 17.9 Å². The molecule has 0 spiro atoms. The summed E-state index contributed by atoms with van der Waals surface area (Å²) in [5.74, 6) is 1.38. The molecule has 5 aromatic rings. The lowest BCUT2D eigenvalue weighted by molar-refractivity contribution is 0.0954. The highest BCUT2D eigenvalue weighted by Crippen LogP contribution is 2.29. The van der Waals surface area contributed by atoms with Crippen LogP contribution in [0, 0.1) is 0 Å². The summed E-state index contributed by atoms with van der Waals surface area (Å²) in [6.07, 6.45) is 1.58. The van der Waals surface area contributed by atoms with E-state index in [1.807, 2.05) is 66.7 Å². The molecule has 1 N–H and O–H groups in total. The molecule has 0 saturated carbocycles. The van der Waals surface area contributed by atoms with Crippen LogP contribution in [-0.2, 0) is 13.2 Å². The van der Waals surface area contributed by atoms with Crippen LogP contribution in [0.1, 0.15) is 27.0 Å². The number of methoxy groups -OCH3 is 1. The first-order valence-corrected chi connectivity index (χ1v) is 13.5. The second kappa shape index (κ2) is 13.0. The molecule has 0 aromatic heterocycles. The van der Waals surface area contributed by atoms with Gasteiger partial charge in [-0.05, 0) is 79.8 Å². The van der Waals surface area contributed by atoms with Crippen molar-refractivity contribution in [1.82, 2.24) is 5.43 Å². The molecule has 0 aliphatic carbocycles. The third-order valence-electron chi connectivity index (χ3n) is 6.26. The fraction of sp³-hybridized carbons (Fsp3) is 0.0909. The molecule has 1 amide bonds. The minimum Gasteiger partial charge on any atom is -0.493 e. The summed E-state index contributed by atoms with van der Waals surface area (Å²) in [5.41, 5.74) is 5.92. The molecule has 5 rings (SSSR count). The highest BCUT2D eigenvalue weighted by molar-refractivity contribution is 9.10. The molecular formula is C33H27BrN2O4. The third-order valence-corrected chi connectivity index (χ3v) is 6.88. The van der Waals surface area contributed by atoms with Crippen LogP contribution < -0.4 is 19.6 Å². The van der Waals surface area contributed by atoms with Gasteiger partial charge in [0.2, 0.25) is 0 Å². The quantitative estimate of drug-likeness (QED) is 0.134. The number of benzene rings is 5. The number of amides is 1. The number of hydrogen-bond acceptors (Lipinski definition) is 5. The van der Waals surface area contributed by atoms with Gasteiger partial charge in [0, 0.05) is 5.56 Å². The van der Waals surface area contributed by atoms with Crippen molar-refractivity contribution in [2.45, 2.75) is 13.2 Å². The number of carbonyl (C=O) groups excluding carboxylic acids is 1. The van der Waals surface area contributed by atoms with Gasteiger partial charge in [-0.3, -0.25) is 4.79 Å². The van der Waals surface area contributed by atoms with Crippen LogP contribution in [0.3, 0.4) is 0 Å². The number of hydrogen-bond donors (Lipinski definition) is 1. The van der Waals surface area contributed by atoms with E-state index in [-0.39, 0.29) is 5.91 Å². The van der Waals surface area contributed by atoms with Gasteiger partial charge in [0.15, 0.2) is 11.5 Å². The summed E-state index contributed by atoms with van der Waals surface area (Å²) >= 11 is 3.58. The molecule has 0 aliphatic rings. The number of rotatable bonds is 10. The molecule has 40 heavy (non-hydrogen) atoms. The average molecular weight is 595 g/mol. The van der Waals surface area contributed by atoms with Crippen molar-refractivity contribution in [2.24, 2.45) is 5.10 Å². The molecule has 0 aliphatic heterocycles. The molecule has 0 heterocycles. The van der Waals surface area contributed by atoms with Crippen molar-refractivity contribution < 1.29 is 19.0 Å². The largest absolute Gasteiger partial charge is 0.493 e. The second-order valence-corrected chi connectivity index (χ2v) is 9.81. The Morgan fingerprint density at radius 2 is 1.55 bits per heavy atom. The van der Waals surface area contributed by atoms with Crippen molar-refractivity contribution in [3.63, 3.8) is 0 Å². The summed E-state index contributed by atoms with van der Waals surface area (Å²) < 4.78 is 18.2. The van der Waals surface area contributed by atoms with Crippen LogP contribution in [0.4, 0.5) is 0 Å². The lowest BCUT2D eigenvalue weighted by atomic mass is 10.1. The van der Waals surface area contributed by atoms with Gasteiger partial charge in [0.25, 0.3) is 5.91 Å². The van der Waals surface area contributed by atoms with Crippen LogP contribution in [0.5, 0.6) is 17.2 Å². The number of fused-ring (bicyclic) bond motifs is 1. The van der Waals surface area contributed by atoms with Gasteiger partial charge >= 0.3 is 0 Å². The fourth-order valence-electron chi connectivity index (χ4n) is 4.18. The summed E-state index contributed by atoms with van der Waals surface area (Å²) in [6.45, 7) is 0.846. The zero-order chi connectivity index (χ0) is 27.7. The fourth-order valence-corrected chi connectivity index (χ4v) is 4.69. The predicted octanol–water partition coefficient (Wildman–Crippen LogP) is 7.53. The SMILES string of the molecule is COc1cc(C(=O)N/N=C/c2ccc(OCc3cccc4ccccc34)c(Br)c2)ccc1OCc1ccccc1. The predicted molar refractivity (Wildman–Crippen MR) is 161 cm³/mol. The number of halogens is 1. The Labute approximate surface area is 241 Å². The Morgan fingerprint density at radius 3 is 2.38 bits per heavy atom. The van der Waals surface area contributed by atoms with Gasteiger partial charge in [-0.1, -0.05) is 72.8 Å². The van der Waals surface area contributed by atoms with Gasteiger partial charge in [-0.25, -0.2) is 5.43 Å². The first-order chi connectivity index (χ1) is 19.6. The van der Waals surface area contributed by atoms with Gasteiger partial charge in [0.05, 0.1) is 17.8 Å². The molecule has 0 unspecified atom stereocenters. The van der Waals surface area contributed by atoms with Crippen LogP contribution >= 0.6 is 15.9 Å². The van der Waals surface area contributed by atoms with E-state index in [4.69, 9.17) is 14.2 Å². The highest BCUT2D eigenvalue weighted by Gasteiger charge is 2.11. The Kier molecular flexibility index (Phi) is 8.73. The number of nitrogens with zero attached hydrogens (tertiary/aromatic N) is 1. The zero-order valence-electron chi connectivity index (χ0n) is 21.8. The van der Waals surface area contributed by atoms with Crippen LogP contribution in [0.2, 0.25) is 0 Å². The normalized spacial score (nSPS) is 10.9. The van der Waals surface area contributed by atoms with Crippen LogP contribution in [0.15, 0.2) is 119 Å². The second-order valence-electron chi connectivity index (χ2n) is 8.96. The van der Waals surface area contributed by atoms with Gasteiger partial charge in [0.1, 0.15) is 19.0 Å². The summed E-state index contributed by atoms with van der Waals surface area (Å²) in [5, 5.41) is 6.47. The van der Waals surface area contributed by atoms with E-state index >= 15 is 0 Å². The molecule has 7 heteroatoms. The lowest BCUT2D eigenvalue weighted by Gasteiger charge is -2.12. The molecule has 6 nitrogen and oxygen atoms in total. The van der Waals surface area contributed by atoms with Crippen molar-refractivity contribution in [2.75, 3.05) is 7.11 Å². The maximum Gasteiger partial charge on any atom is 0.271 e. The van der Waals surface area contributed by atoms with Gasteiger partial charge in [-0.2, -0.15) is 5.10 Å². The summed E-state index contributed by atoms with van der Waals surface area (Å²) in [6, 6.07) is 34.9. The van der Waals surface area contributed by atoms with Crippen molar-refractivity contribution in [3.8, 4) is 17.2 Å². The summed E-state index contributed by atoms with van der Waals surface area (Å²) in [7, 11) is 1.54. The van der Waals surface area contributed by atoms with Gasteiger partial charge in [-0.15, -0.1) is 0 Å². The Morgan fingerprint density at radius 1 is 0.800 bits per heavy atom. The van der Waals surface area contributed by atoms with E-state index < -0.39 is 0 Å². The maximum absolute atomic E-state index is 12.7.